The van der Waals surface area contributed by atoms with Gasteiger partial charge in [-0.25, -0.2) is 0 Å². The van der Waals surface area contributed by atoms with Gasteiger partial charge >= 0.3 is 0 Å². The van der Waals surface area contributed by atoms with Crippen molar-refractivity contribution < 1.29 is 9.53 Å². The largest absolute Gasteiger partial charge is 0.484 e. The second-order valence-corrected chi connectivity index (χ2v) is 5.66. The SMILES string of the molecule is NC(=S)COc1ccccc1NC(=O)c1cccc(Br)c1. The van der Waals surface area contributed by atoms with Crippen molar-refractivity contribution in [3.8, 4) is 5.75 Å². The highest BCUT2D eigenvalue weighted by atomic mass is 79.9. The Morgan fingerprint density at radius 2 is 2.00 bits per heavy atom. The zero-order chi connectivity index (χ0) is 15.2. The van der Waals surface area contributed by atoms with E-state index in [9.17, 15) is 4.79 Å². The first kappa shape index (κ1) is 15.5. The van der Waals surface area contributed by atoms with E-state index in [1.54, 1.807) is 30.3 Å². The smallest absolute Gasteiger partial charge is 0.255 e. The van der Waals surface area contributed by atoms with Gasteiger partial charge in [-0.3, -0.25) is 4.79 Å². The van der Waals surface area contributed by atoms with Gasteiger partial charge in [0.1, 0.15) is 17.3 Å². The summed E-state index contributed by atoms with van der Waals surface area (Å²) >= 11 is 8.12. The summed E-state index contributed by atoms with van der Waals surface area (Å²) in [6, 6.07) is 14.3. The van der Waals surface area contributed by atoms with Crippen LogP contribution in [-0.4, -0.2) is 17.5 Å². The topological polar surface area (TPSA) is 64.3 Å². The van der Waals surface area contributed by atoms with Crippen molar-refractivity contribution in [1.29, 1.82) is 0 Å². The lowest BCUT2D eigenvalue weighted by Crippen LogP contribution is -2.19. The van der Waals surface area contributed by atoms with E-state index in [2.05, 4.69) is 21.2 Å². The number of rotatable bonds is 5. The minimum Gasteiger partial charge on any atom is -0.484 e. The summed E-state index contributed by atoms with van der Waals surface area (Å²) in [5, 5.41) is 2.81. The lowest BCUT2D eigenvalue weighted by atomic mass is 10.2. The maximum absolute atomic E-state index is 12.2. The molecule has 0 unspecified atom stereocenters. The summed E-state index contributed by atoms with van der Waals surface area (Å²) < 4.78 is 6.31. The van der Waals surface area contributed by atoms with Crippen LogP contribution in [0.15, 0.2) is 53.0 Å². The number of halogens is 1. The summed E-state index contributed by atoms with van der Waals surface area (Å²) in [5.74, 6) is 0.302. The van der Waals surface area contributed by atoms with Gasteiger partial charge in [0.15, 0.2) is 0 Å². The van der Waals surface area contributed by atoms with Crippen LogP contribution in [0.2, 0.25) is 0 Å². The summed E-state index contributed by atoms with van der Waals surface area (Å²) in [6.45, 7) is 0.124. The van der Waals surface area contributed by atoms with E-state index in [4.69, 9.17) is 22.7 Å². The van der Waals surface area contributed by atoms with Crippen LogP contribution < -0.4 is 15.8 Å². The molecule has 0 fully saturated rings. The number of hydrogen-bond acceptors (Lipinski definition) is 3. The molecule has 0 radical (unpaired) electrons. The second kappa shape index (κ2) is 7.19. The third-order valence-electron chi connectivity index (χ3n) is 2.59. The van der Waals surface area contributed by atoms with Crippen LogP contribution in [0, 0.1) is 0 Å². The summed E-state index contributed by atoms with van der Waals surface area (Å²) in [5.41, 5.74) is 6.53. The lowest BCUT2D eigenvalue weighted by molar-refractivity contribution is 0.102. The monoisotopic (exact) mass is 364 g/mol. The molecule has 0 aliphatic rings. The zero-order valence-electron chi connectivity index (χ0n) is 11.0. The first-order valence-corrected chi connectivity index (χ1v) is 7.33. The van der Waals surface area contributed by atoms with Crippen LogP contribution in [0.4, 0.5) is 5.69 Å². The molecule has 0 aliphatic carbocycles. The number of hydrogen-bond donors (Lipinski definition) is 2. The fraction of sp³-hybridized carbons (Fsp3) is 0.0667. The molecule has 4 nitrogen and oxygen atoms in total. The Kier molecular flexibility index (Phi) is 5.30. The average molecular weight is 365 g/mol. The van der Waals surface area contributed by atoms with E-state index in [1.165, 1.54) is 0 Å². The number of carbonyl (C=O) groups is 1. The minimum atomic E-state index is -0.220. The van der Waals surface area contributed by atoms with Crippen LogP contribution in [0.3, 0.4) is 0 Å². The van der Waals surface area contributed by atoms with Gasteiger partial charge in [0.2, 0.25) is 0 Å². The number of anilines is 1. The van der Waals surface area contributed by atoms with Gasteiger partial charge in [-0.2, -0.15) is 0 Å². The molecule has 108 valence electrons. The second-order valence-electron chi connectivity index (χ2n) is 4.22. The molecule has 2 aromatic rings. The van der Waals surface area contributed by atoms with Crippen LogP contribution in [-0.2, 0) is 0 Å². The van der Waals surface area contributed by atoms with E-state index in [-0.39, 0.29) is 17.5 Å². The van der Waals surface area contributed by atoms with E-state index in [0.29, 0.717) is 17.0 Å². The third kappa shape index (κ3) is 4.54. The van der Waals surface area contributed by atoms with Crippen molar-refractivity contribution in [1.82, 2.24) is 0 Å². The molecule has 0 saturated carbocycles. The van der Waals surface area contributed by atoms with Gasteiger partial charge in [0, 0.05) is 10.0 Å². The Balaban J connectivity index is 2.15. The molecule has 0 aromatic heterocycles. The van der Waals surface area contributed by atoms with Crippen molar-refractivity contribution in [3.63, 3.8) is 0 Å². The predicted molar refractivity (Wildman–Crippen MR) is 90.8 cm³/mol. The molecule has 1 amide bonds. The normalized spacial score (nSPS) is 9.95. The Hall–Kier alpha value is -1.92. The third-order valence-corrected chi connectivity index (χ3v) is 3.20. The molecule has 0 spiro atoms. The fourth-order valence-electron chi connectivity index (χ4n) is 1.67. The van der Waals surface area contributed by atoms with Crippen molar-refractivity contribution >= 4 is 44.7 Å². The Labute approximate surface area is 136 Å². The number of amides is 1. The van der Waals surface area contributed by atoms with Gasteiger partial charge in [-0.1, -0.05) is 46.3 Å². The average Bonchev–Trinajstić information content (AvgIpc) is 2.46. The molecule has 2 rings (SSSR count). The van der Waals surface area contributed by atoms with Crippen LogP contribution >= 0.6 is 28.1 Å². The van der Waals surface area contributed by atoms with E-state index in [0.717, 1.165) is 4.47 Å². The number of ether oxygens (including phenoxy) is 1. The highest BCUT2D eigenvalue weighted by molar-refractivity contribution is 9.10. The van der Waals surface area contributed by atoms with E-state index >= 15 is 0 Å². The molecule has 0 heterocycles. The number of nitrogens with two attached hydrogens (primary N) is 1. The number of carbonyl (C=O) groups excluding carboxylic acids is 1. The Bertz CT molecular complexity index is 676. The highest BCUT2D eigenvalue weighted by Gasteiger charge is 2.10. The first-order valence-electron chi connectivity index (χ1n) is 6.13. The number of thiocarbonyl (C=S) groups is 1. The van der Waals surface area contributed by atoms with Gasteiger partial charge in [-0.05, 0) is 30.3 Å². The first-order chi connectivity index (χ1) is 10.1. The van der Waals surface area contributed by atoms with E-state index < -0.39 is 0 Å². The van der Waals surface area contributed by atoms with Crippen LogP contribution in [0.5, 0.6) is 5.75 Å². The molecule has 0 bridgehead atoms. The molecule has 0 atom stereocenters. The maximum atomic E-state index is 12.2. The van der Waals surface area contributed by atoms with Gasteiger partial charge < -0.3 is 15.8 Å². The minimum absolute atomic E-state index is 0.124. The molecular formula is C15H13BrN2O2S. The fourth-order valence-corrected chi connectivity index (χ4v) is 2.13. The van der Waals surface area contributed by atoms with Crippen LogP contribution in [0.25, 0.3) is 0 Å². The molecule has 3 N–H and O–H groups in total. The summed E-state index contributed by atoms with van der Waals surface area (Å²) in [4.78, 5) is 12.5. The molecule has 0 saturated heterocycles. The molecule has 6 heteroatoms. The summed E-state index contributed by atoms with van der Waals surface area (Å²) in [6.07, 6.45) is 0. The molecular weight excluding hydrogens is 352 g/mol. The number of benzene rings is 2. The summed E-state index contributed by atoms with van der Waals surface area (Å²) in [7, 11) is 0. The van der Waals surface area contributed by atoms with Crippen LogP contribution in [0.1, 0.15) is 10.4 Å². The molecule has 0 aliphatic heterocycles. The van der Waals surface area contributed by atoms with Crippen molar-refractivity contribution in [3.05, 3.63) is 58.6 Å². The number of para-hydroxylation sites is 2. The van der Waals surface area contributed by atoms with Crippen molar-refractivity contribution in [2.75, 3.05) is 11.9 Å². The Morgan fingerprint density at radius 3 is 2.71 bits per heavy atom. The number of nitrogens with one attached hydrogen (secondary N) is 1. The molecule has 2 aromatic carbocycles. The quantitative estimate of drug-likeness (QED) is 0.798. The van der Waals surface area contributed by atoms with Gasteiger partial charge in [0.25, 0.3) is 5.91 Å². The van der Waals surface area contributed by atoms with Crippen molar-refractivity contribution in [2.45, 2.75) is 0 Å². The lowest BCUT2D eigenvalue weighted by Gasteiger charge is -2.12. The van der Waals surface area contributed by atoms with Crippen molar-refractivity contribution in [2.24, 2.45) is 5.73 Å². The standard InChI is InChI=1S/C15H13BrN2O2S/c16-11-5-3-4-10(8-11)15(19)18-12-6-1-2-7-13(12)20-9-14(17)21/h1-8H,9H2,(H2,17,21)(H,18,19). The predicted octanol–water partition coefficient (Wildman–Crippen LogP) is 3.37. The maximum Gasteiger partial charge on any atom is 0.255 e. The van der Waals surface area contributed by atoms with Gasteiger partial charge in [0.05, 0.1) is 5.69 Å². The zero-order valence-corrected chi connectivity index (χ0v) is 13.4. The van der Waals surface area contributed by atoms with E-state index in [1.807, 2.05) is 18.2 Å². The highest BCUT2D eigenvalue weighted by Crippen LogP contribution is 2.24. The molecule has 21 heavy (non-hydrogen) atoms. The van der Waals surface area contributed by atoms with Gasteiger partial charge in [-0.15, -0.1) is 0 Å². The Morgan fingerprint density at radius 1 is 1.24 bits per heavy atom.